The third-order valence-electron chi connectivity index (χ3n) is 0.471. The molecule has 0 fully saturated rings. The van der Waals surface area contributed by atoms with Gasteiger partial charge in [0.2, 0.25) is 0 Å². The van der Waals surface area contributed by atoms with Gasteiger partial charge in [-0.25, -0.2) is 0 Å². The fourth-order valence-electron chi connectivity index (χ4n) is 0.354. The van der Waals surface area contributed by atoms with Crippen molar-refractivity contribution in [2.24, 2.45) is 0 Å². The fraction of sp³-hybridized carbons (Fsp3) is 0.750. The van der Waals surface area contributed by atoms with Crippen LogP contribution in [-0.4, -0.2) is 18.6 Å². The highest BCUT2D eigenvalue weighted by Gasteiger charge is 2.11. The van der Waals surface area contributed by atoms with Crippen molar-refractivity contribution in [2.75, 3.05) is 0 Å². The van der Waals surface area contributed by atoms with E-state index in [0.717, 1.165) is 10.2 Å². The minimum absolute atomic E-state index is 1.06. The van der Waals surface area contributed by atoms with Crippen LogP contribution in [0.4, 0.5) is 0 Å². The van der Waals surface area contributed by atoms with Crippen LogP contribution in [0.2, 0.25) is 19.6 Å². The second-order valence-electron chi connectivity index (χ2n) is 2.47. The summed E-state index contributed by atoms with van der Waals surface area (Å²) in [4.78, 5) is 0. The first-order chi connectivity index (χ1) is 3.06. The van der Waals surface area contributed by atoms with E-state index in [9.17, 15) is 0 Å². The van der Waals surface area contributed by atoms with Gasteiger partial charge >= 0.3 is 0 Å². The van der Waals surface area contributed by atoms with Crippen LogP contribution in [0.3, 0.4) is 0 Å². The Hall–Kier alpha value is 0.394. The molecule has 0 atom stereocenters. The van der Waals surface area contributed by atoms with Crippen LogP contribution in [0, 0.1) is 6.23 Å². The summed E-state index contributed by atoms with van der Waals surface area (Å²) in [6, 6.07) is 0. The second kappa shape index (κ2) is 2.64. The molecule has 0 spiro atoms. The van der Waals surface area contributed by atoms with Gasteiger partial charge in [-0.1, -0.05) is 0 Å². The molecule has 0 aromatic rings. The Balaban J connectivity index is 3.15. The van der Waals surface area contributed by atoms with Crippen molar-refractivity contribution in [1.29, 1.82) is 0 Å². The number of hydrogen-bond acceptors (Lipinski definition) is 1. The lowest BCUT2D eigenvalue weighted by molar-refractivity contribution is 0.450. The molecular weight excluding hydrogens is 120 g/mol. The fourth-order valence-corrected chi connectivity index (χ4v) is 3.18. The first kappa shape index (κ1) is 7.39. The average Bonchev–Trinajstić information content (AvgIpc) is 1.30. The van der Waals surface area contributed by atoms with Gasteiger partial charge in [0.15, 0.2) is 8.32 Å². The summed E-state index contributed by atoms with van der Waals surface area (Å²) in [7, 11) is -0.121. The molecule has 43 valence electrons. The minimum atomic E-state index is -1.18. The summed E-state index contributed by atoms with van der Waals surface area (Å²) >= 11 is 0. The molecule has 0 N–H and O–H groups in total. The molecule has 0 heterocycles. The highest BCUT2D eigenvalue weighted by Crippen LogP contribution is 2.01. The van der Waals surface area contributed by atoms with Gasteiger partial charge in [-0.3, -0.25) is 0 Å². The van der Waals surface area contributed by atoms with E-state index in [0.29, 0.717) is 0 Å². The molecule has 0 amide bonds. The van der Waals surface area contributed by atoms with Crippen molar-refractivity contribution < 1.29 is 4.43 Å². The third-order valence-corrected chi connectivity index (χ3v) is 2.12. The topological polar surface area (TPSA) is 9.23 Å². The Labute approximate surface area is 49.6 Å². The van der Waals surface area contributed by atoms with Crippen LogP contribution in [-0.2, 0) is 4.43 Å². The van der Waals surface area contributed by atoms with Gasteiger partial charge in [0.05, 0.1) is 0 Å². The SMILES string of the molecule is C[Si](C)(C)O[CH][SiH3]. The predicted molar refractivity (Wildman–Crippen MR) is 38.7 cm³/mol. The average molecular weight is 133 g/mol. The Morgan fingerprint density at radius 2 is 1.86 bits per heavy atom. The standard InChI is InChI=1S/C4H13OSi2/c1-7(2,3)5-4-6/h4H,1-3,6H3. The summed E-state index contributed by atoms with van der Waals surface area (Å²) < 4.78 is 5.30. The van der Waals surface area contributed by atoms with Gasteiger partial charge in [0.25, 0.3) is 0 Å². The van der Waals surface area contributed by atoms with E-state index in [1.54, 1.807) is 0 Å². The van der Waals surface area contributed by atoms with E-state index >= 15 is 0 Å². The molecule has 0 saturated heterocycles. The largest absolute Gasteiger partial charge is 0.417 e. The van der Waals surface area contributed by atoms with Crippen molar-refractivity contribution in [1.82, 2.24) is 0 Å². The minimum Gasteiger partial charge on any atom is -0.417 e. The van der Waals surface area contributed by atoms with Crippen molar-refractivity contribution >= 4 is 18.6 Å². The zero-order chi connectivity index (χ0) is 5.91. The van der Waals surface area contributed by atoms with Gasteiger partial charge in [-0.05, 0) is 19.6 Å². The first-order valence-corrected chi connectivity index (χ1v) is 7.08. The molecular formula is C4H13OSi2. The highest BCUT2D eigenvalue weighted by molar-refractivity contribution is 6.70. The monoisotopic (exact) mass is 133 g/mol. The second-order valence-corrected chi connectivity index (χ2v) is 7.40. The summed E-state index contributed by atoms with van der Waals surface area (Å²) in [5.74, 6) is 0. The summed E-state index contributed by atoms with van der Waals surface area (Å²) in [6.45, 7) is 6.55. The molecule has 0 aliphatic rings. The van der Waals surface area contributed by atoms with Gasteiger partial charge in [-0.15, -0.1) is 0 Å². The lowest BCUT2D eigenvalue weighted by Gasteiger charge is -2.13. The van der Waals surface area contributed by atoms with Gasteiger partial charge < -0.3 is 4.43 Å². The summed E-state index contributed by atoms with van der Waals surface area (Å²) in [5, 5.41) is 0. The third kappa shape index (κ3) is 6.39. The van der Waals surface area contributed by atoms with E-state index in [2.05, 4.69) is 19.6 Å². The van der Waals surface area contributed by atoms with Crippen LogP contribution in [0.1, 0.15) is 0 Å². The van der Waals surface area contributed by atoms with Crippen LogP contribution in [0.5, 0.6) is 0 Å². The maximum atomic E-state index is 5.30. The molecule has 0 aliphatic heterocycles. The van der Waals surface area contributed by atoms with Crippen molar-refractivity contribution in [2.45, 2.75) is 19.6 Å². The van der Waals surface area contributed by atoms with Crippen LogP contribution < -0.4 is 0 Å². The lowest BCUT2D eigenvalue weighted by Crippen LogP contribution is -2.23. The van der Waals surface area contributed by atoms with Crippen LogP contribution in [0.15, 0.2) is 0 Å². The maximum Gasteiger partial charge on any atom is 0.183 e. The van der Waals surface area contributed by atoms with E-state index in [1.165, 1.54) is 0 Å². The normalized spacial score (nSPS) is 12.4. The smallest absolute Gasteiger partial charge is 0.183 e. The molecule has 0 rings (SSSR count). The highest BCUT2D eigenvalue weighted by atomic mass is 28.4. The Bertz CT molecular complexity index is 48.1. The molecule has 0 bridgehead atoms. The van der Waals surface area contributed by atoms with Crippen molar-refractivity contribution in [3.05, 3.63) is 6.23 Å². The first-order valence-electron chi connectivity index (χ1n) is 2.52. The van der Waals surface area contributed by atoms with E-state index in [4.69, 9.17) is 4.43 Å². The molecule has 0 unspecified atom stereocenters. The van der Waals surface area contributed by atoms with Crippen LogP contribution >= 0.6 is 0 Å². The van der Waals surface area contributed by atoms with Gasteiger partial charge in [-0.2, -0.15) is 0 Å². The molecule has 0 aromatic heterocycles. The molecule has 1 nitrogen and oxygen atoms in total. The molecule has 0 aromatic carbocycles. The summed E-state index contributed by atoms with van der Waals surface area (Å²) in [6.07, 6.45) is 1.91. The molecule has 0 saturated carbocycles. The lowest BCUT2D eigenvalue weighted by atomic mass is 11.7. The van der Waals surface area contributed by atoms with Crippen molar-refractivity contribution in [3.63, 3.8) is 0 Å². The molecule has 7 heavy (non-hydrogen) atoms. The maximum absolute atomic E-state index is 5.30. The number of hydrogen-bond donors (Lipinski definition) is 0. The quantitative estimate of drug-likeness (QED) is 0.493. The van der Waals surface area contributed by atoms with Gasteiger partial charge in [0.1, 0.15) is 0 Å². The summed E-state index contributed by atoms with van der Waals surface area (Å²) in [5.41, 5.74) is 0. The number of rotatable bonds is 2. The van der Waals surface area contributed by atoms with Crippen LogP contribution in [0.25, 0.3) is 0 Å². The van der Waals surface area contributed by atoms with Crippen molar-refractivity contribution in [3.8, 4) is 0 Å². The van der Waals surface area contributed by atoms with Gasteiger partial charge in [0, 0.05) is 16.5 Å². The Morgan fingerprint density at radius 1 is 1.43 bits per heavy atom. The van der Waals surface area contributed by atoms with E-state index in [-0.39, 0.29) is 0 Å². The predicted octanol–water partition coefficient (Wildman–Crippen LogP) is 0.323. The van der Waals surface area contributed by atoms with E-state index in [1.807, 2.05) is 6.23 Å². The zero-order valence-corrected chi connectivity index (χ0v) is 8.49. The van der Waals surface area contributed by atoms with E-state index < -0.39 is 8.32 Å². The molecule has 1 radical (unpaired) electrons. The molecule has 0 aliphatic carbocycles. The Kier molecular flexibility index (Phi) is 2.79. The zero-order valence-electron chi connectivity index (χ0n) is 5.49. The molecule has 3 heteroatoms. The Morgan fingerprint density at radius 3 is 1.86 bits per heavy atom.